The van der Waals surface area contributed by atoms with E-state index in [-0.39, 0.29) is 6.03 Å². The molecule has 0 saturated carbocycles. The van der Waals surface area contributed by atoms with Crippen molar-refractivity contribution in [3.05, 3.63) is 24.3 Å². The van der Waals surface area contributed by atoms with E-state index in [1.54, 1.807) is 11.8 Å². The monoisotopic (exact) mass is 320 g/mol. The molecule has 0 aromatic heterocycles. The highest BCUT2D eigenvalue weighted by Crippen LogP contribution is 2.21. The molecule has 0 atom stereocenters. The van der Waals surface area contributed by atoms with E-state index in [1.807, 2.05) is 35.4 Å². The second kappa shape index (κ2) is 6.89. The summed E-state index contributed by atoms with van der Waals surface area (Å²) in [5, 5.41) is 3.00. The third-order valence-corrected chi connectivity index (χ3v) is 5.25. The van der Waals surface area contributed by atoms with Gasteiger partial charge in [-0.1, -0.05) is 6.07 Å². The zero-order chi connectivity index (χ0) is 15.5. The fourth-order valence-electron chi connectivity index (χ4n) is 2.94. The second-order valence-corrected chi connectivity index (χ2v) is 6.94. The number of carbonyl (C=O) groups excluding carboxylic acids is 1. The number of anilines is 1. The number of nitrogens with zero attached hydrogens (tertiary/aromatic N) is 3. The summed E-state index contributed by atoms with van der Waals surface area (Å²) in [7, 11) is 2.17. The highest BCUT2D eigenvalue weighted by molar-refractivity contribution is 7.98. The highest BCUT2D eigenvalue weighted by atomic mass is 32.2. The molecule has 0 aliphatic carbocycles. The summed E-state index contributed by atoms with van der Waals surface area (Å²) in [5.41, 5.74) is 0.875. The molecular formula is C16H24N4OS. The Balaban J connectivity index is 1.47. The van der Waals surface area contributed by atoms with E-state index in [0.29, 0.717) is 6.04 Å². The topological polar surface area (TPSA) is 38.8 Å². The number of likely N-dealkylation sites (tertiary alicyclic amines) is 1. The third-order valence-electron chi connectivity index (χ3n) is 4.52. The molecule has 0 radical (unpaired) electrons. The van der Waals surface area contributed by atoms with Crippen LogP contribution in [0.25, 0.3) is 0 Å². The van der Waals surface area contributed by atoms with Gasteiger partial charge in [-0.05, 0) is 31.5 Å². The van der Waals surface area contributed by atoms with E-state index in [4.69, 9.17) is 0 Å². The SMILES string of the molecule is CSc1cccc(NC(=O)N2CC(N3CCN(C)CC3)C2)c1. The number of piperazine rings is 1. The summed E-state index contributed by atoms with van der Waals surface area (Å²) in [5.74, 6) is 0. The first-order valence-electron chi connectivity index (χ1n) is 7.78. The Morgan fingerprint density at radius 1 is 1.23 bits per heavy atom. The molecule has 0 bridgehead atoms. The maximum absolute atomic E-state index is 12.3. The number of hydrogen-bond acceptors (Lipinski definition) is 4. The number of amides is 2. The van der Waals surface area contributed by atoms with Gasteiger partial charge in [0.15, 0.2) is 0 Å². The van der Waals surface area contributed by atoms with Crippen molar-refractivity contribution >= 4 is 23.5 Å². The van der Waals surface area contributed by atoms with Gasteiger partial charge in [-0.2, -0.15) is 0 Å². The summed E-state index contributed by atoms with van der Waals surface area (Å²) in [4.78, 5) is 20.2. The largest absolute Gasteiger partial charge is 0.321 e. The number of urea groups is 1. The summed E-state index contributed by atoms with van der Waals surface area (Å²) in [6.07, 6.45) is 2.04. The van der Waals surface area contributed by atoms with Gasteiger partial charge in [0.05, 0.1) is 0 Å². The van der Waals surface area contributed by atoms with Gasteiger partial charge in [0, 0.05) is 55.9 Å². The van der Waals surface area contributed by atoms with Gasteiger partial charge in [-0.15, -0.1) is 11.8 Å². The van der Waals surface area contributed by atoms with Crippen LogP contribution in [0.5, 0.6) is 0 Å². The van der Waals surface area contributed by atoms with Gasteiger partial charge in [0.1, 0.15) is 0 Å². The summed E-state index contributed by atoms with van der Waals surface area (Å²) >= 11 is 1.68. The number of hydrogen-bond donors (Lipinski definition) is 1. The van der Waals surface area contributed by atoms with E-state index in [0.717, 1.165) is 49.9 Å². The van der Waals surface area contributed by atoms with Crippen molar-refractivity contribution in [3.63, 3.8) is 0 Å². The second-order valence-electron chi connectivity index (χ2n) is 6.06. The van der Waals surface area contributed by atoms with Crippen molar-refractivity contribution in [2.75, 3.05) is 57.9 Å². The zero-order valence-electron chi connectivity index (χ0n) is 13.3. The quantitative estimate of drug-likeness (QED) is 0.863. The molecule has 6 heteroatoms. The van der Waals surface area contributed by atoms with Crippen molar-refractivity contribution in [1.29, 1.82) is 0 Å². The normalized spacial score (nSPS) is 20.7. The molecule has 1 aromatic rings. The first kappa shape index (κ1) is 15.6. The molecule has 2 heterocycles. The highest BCUT2D eigenvalue weighted by Gasteiger charge is 2.35. The lowest BCUT2D eigenvalue weighted by atomic mass is 10.1. The molecule has 2 aliphatic rings. The molecule has 0 spiro atoms. The number of nitrogens with one attached hydrogen (secondary N) is 1. The van der Waals surface area contributed by atoms with Crippen LogP contribution in [-0.4, -0.2) is 79.3 Å². The van der Waals surface area contributed by atoms with E-state index in [1.165, 1.54) is 0 Å². The molecule has 2 amide bonds. The van der Waals surface area contributed by atoms with E-state index < -0.39 is 0 Å². The number of rotatable bonds is 3. The summed E-state index contributed by atoms with van der Waals surface area (Å²) in [6.45, 7) is 6.18. The zero-order valence-corrected chi connectivity index (χ0v) is 14.1. The van der Waals surface area contributed by atoms with Crippen LogP contribution in [0.15, 0.2) is 29.2 Å². The van der Waals surface area contributed by atoms with Crippen molar-refractivity contribution in [2.24, 2.45) is 0 Å². The van der Waals surface area contributed by atoms with Gasteiger partial charge in [-0.3, -0.25) is 4.90 Å². The van der Waals surface area contributed by atoms with Crippen LogP contribution < -0.4 is 5.32 Å². The molecule has 1 aromatic carbocycles. The van der Waals surface area contributed by atoms with E-state index in [2.05, 4.69) is 22.2 Å². The Bertz CT molecular complexity index is 525. The van der Waals surface area contributed by atoms with Gasteiger partial charge in [0.25, 0.3) is 0 Å². The average molecular weight is 320 g/mol. The van der Waals surface area contributed by atoms with Crippen LogP contribution in [0, 0.1) is 0 Å². The van der Waals surface area contributed by atoms with Crippen LogP contribution in [0.3, 0.4) is 0 Å². The van der Waals surface area contributed by atoms with Crippen LogP contribution in [0.4, 0.5) is 10.5 Å². The first-order chi connectivity index (χ1) is 10.7. The lowest BCUT2D eigenvalue weighted by Gasteiger charge is -2.47. The van der Waals surface area contributed by atoms with Gasteiger partial charge in [0.2, 0.25) is 0 Å². The molecular weight excluding hydrogens is 296 g/mol. The van der Waals surface area contributed by atoms with Gasteiger partial charge >= 0.3 is 6.03 Å². The Labute approximate surface area is 136 Å². The third kappa shape index (κ3) is 3.56. The fourth-order valence-corrected chi connectivity index (χ4v) is 3.40. The molecule has 22 heavy (non-hydrogen) atoms. The maximum Gasteiger partial charge on any atom is 0.321 e. The van der Waals surface area contributed by atoms with Crippen LogP contribution >= 0.6 is 11.8 Å². The minimum atomic E-state index is 0.0173. The number of thioether (sulfide) groups is 1. The molecule has 1 N–H and O–H groups in total. The predicted molar refractivity (Wildman–Crippen MR) is 91.7 cm³/mol. The Kier molecular flexibility index (Phi) is 4.90. The van der Waals surface area contributed by atoms with Gasteiger partial charge in [-0.25, -0.2) is 4.79 Å². The maximum atomic E-state index is 12.3. The van der Waals surface area contributed by atoms with Crippen LogP contribution in [-0.2, 0) is 0 Å². The standard InChI is InChI=1S/C16H24N4OS/c1-18-6-8-19(9-7-18)14-11-20(12-14)16(21)17-13-4-3-5-15(10-13)22-2/h3-5,10,14H,6-9,11-12H2,1-2H3,(H,17,21). The molecule has 3 rings (SSSR count). The molecule has 120 valence electrons. The fraction of sp³-hybridized carbons (Fsp3) is 0.562. The van der Waals surface area contributed by atoms with E-state index in [9.17, 15) is 4.79 Å². The van der Waals surface area contributed by atoms with Gasteiger partial charge < -0.3 is 15.1 Å². The summed E-state index contributed by atoms with van der Waals surface area (Å²) < 4.78 is 0. The van der Waals surface area contributed by atoms with Crippen LogP contribution in [0.1, 0.15) is 0 Å². The minimum Gasteiger partial charge on any atom is -0.321 e. The molecule has 2 aliphatic heterocycles. The number of likely N-dealkylation sites (N-methyl/N-ethyl adjacent to an activating group) is 1. The van der Waals surface area contributed by atoms with Crippen molar-refractivity contribution in [3.8, 4) is 0 Å². The molecule has 2 saturated heterocycles. The molecule has 0 unspecified atom stereocenters. The average Bonchev–Trinajstić information content (AvgIpc) is 2.48. The minimum absolute atomic E-state index is 0.0173. The predicted octanol–water partition coefficient (Wildman–Crippen LogP) is 1.87. The number of benzene rings is 1. The van der Waals surface area contributed by atoms with Crippen molar-refractivity contribution in [1.82, 2.24) is 14.7 Å². The Hall–Kier alpha value is -1.24. The van der Waals surface area contributed by atoms with Crippen LogP contribution in [0.2, 0.25) is 0 Å². The Morgan fingerprint density at radius 3 is 2.64 bits per heavy atom. The number of carbonyl (C=O) groups is 1. The Morgan fingerprint density at radius 2 is 1.95 bits per heavy atom. The molecule has 5 nitrogen and oxygen atoms in total. The lowest BCUT2D eigenvalue weighted by molar-refractivity contribution is 0.0318. The molecule has 2 fully saturated rings. The van der Waals surface area contributed by atoms with Crippen molar-refractivity contribution in [2.45, 2.75) is 10.9 Å². The smallest absolute Gasteiger partial charge is 0.321 e. The lowest BCUT2D eigenvalue weighted by Crippen LogP contribution is -2.64. The summed E-state index contributed by atoms with van der Waals surface area (Å²) in [6, 6.07) is 8.54. The first-order valence-corrected chi connectivity index (χ1v) is 9.01. The van der Waals surface area contributed by atoms with E-state index >= 15 is 0 Å². The van der Waals surface area contributed by atoms with Crippen molar-refractivity contribution < 1.29 is 4.79 Å².